The van der Waals surface area contributed by atoms with Crippen LogP contribution in [0.2, 0.25) is 0 Å². The van der Waals surface area contributed by atoms with Gasteiger partial charge in [0.05, 0.1) is 5.56 Å². The van der Waals surface area contributed by atoms with Crippen LogP contribution in [-0.4, -0.2) is 28.4 Å². The molecule has 5 heteroatoms. The van der Waals surface area contributed by atoms with Gasteiger partial charge in [-0.3, -0.25) is 4.79 Å². The summed E-state index contributed by atoms with van der Waals surface area (Å²) in [7, 11) is 0. The Morgan fingerprint density at radius 2 is 1.39 bits per heavy atom. The third kappa shape index (κ3) is 7.51. The fourth-order valence-corrected chi connectivity index (χ4v) is 4.27. The van der Waals surface area contributed by atoms with Gasteiger partial charge in [-0.15, -0.1) is 0 Å². The minimum atomic E-state index is -1.32. The Labute approximate surface area is 213 Å². The molecule has 0 heterocycles. The molecule has 36 heavy (non-hydrogen) atoms. The minimum absolute atomic E-state index is 0.117. The number of amides is 1. The molecule has 190 valence electrons. The first kappa shape index (κ1) is 27.1. The normalized spacial score (nSPS) is 10.9. The van der Waals surface area contributed by atoms with Gasteiger partial charge in [-0.05, 0) is 65.8 Å². The molecule has 0 saturated carbocycles. The van der Waals surface area contributed by atoms with Crippen LogP contribution in [-0.2, 0) is 13.0 Å². The van der Waals surface area contributed by atoms with Crippen LogP contribution < -0.4 is 0 Å². The topological polar surface area (TPSA) is 57.6 Å². The first-order valence-corrected chi connectivity index (χ1v) is 12.9. The minimum Gasteiger partial charge on any atom is -0.478 e. The third-order valence-corrected chi connectivity index (χ3v) is 6.44. The molecule has 0 aromatic heterocycles. The van der Waals surface area contributed by atoms with Gasteiger partial charge in [0, 0.05) is 18.7 Å². The molecular weight excluding hydrogens is 453 g/mol. The van der Waals surface area contributed by atoms with Crippen LogP contribution in [0.1, 0.15) is 84.2 Å². The van der Waals surface area contributed by atoms with Gasteiger partial charge >= 0.3 is 5.97 Å². The van der Waals surface area contributed by atoms with E-state index >= 15 is 0 Å². The molecule has 0 fully saturated rings. The maximum absolute atomic E-state index is 13.9. The number of hydrogen-bond acceptors (Lipinski definition) is 2. The van der Waals surface area contributed by atoms with E-state index in [9.17, 15) is 19.1 Å². The van der Waals surface area contributed by atoms with Gasteiger partial charge in [0.25, 0.3) is 5.91 Å². The summed E-state index contributed by atoms with van der Waals surface area (Å²) >= 11 is 0. The van der Waals surface area contributed by atoms with Crippen molar-refractivity contribution in [3.8, 4) is 11.1 Å². The quantitative estimate of drug-likeness (QED) is 0.250. The van der Waals surface area contributed by atoms with Crippen LogP contribution in [0.3, 0.4) is 0 Å². The molecule has 1 N–H and O–H groups in total. The van der Waals surface area contributed by atoms with Crippen molar-refractivity contribution in [3.63, 3.8) is 0 Å². The molecule has 1 amide bonds. The Morgan fingerprint density at radius 3 is 2.00 bits per heavy atom. The number of hydrogen-bond donors (Lipinski definition) is 1. The van der Waals surface area contributed by atoms with Crippen molar-refractivity contribution in [1.82, 2.24) is 4.90 Å². The summed E-state index contributed by atoms with van der Waals surface area (Å²) in [6.45, 7) is 5.11. The smallest absolute Gasteiger partial charge is 0.338 e. The molecule has 3 aromatic rings. The number of carbonyl (C=O) groups is 2. The van der Waals surface area contributed by atoms with Crippen molar-refractivity contribution < 1.29 is 19.1 Å². The van der Waals surface area contributed by atoms with E-state index in [4.69, 9.17) is 0 Å². The van der Waals surface area contributed by atoms with Crippen LogP contribution in [0.5, 0.6) is 0 Å². The van der Waals surface area contributed by atoms with Crippen LogP contribution in [0, 0.1) is 5.82 Å². The summed E-state index contributed by atoms with van der Waals surface area (Å²) in [6.07, 6.45) is 7.49. The number of carboxylic acids is 1. The second kappa shape index (κ2) is 13.6. The Kier molecular flexibility index (Phi) is 10.2. The van der Waals surface area contributed by atoms with Gasteiger partial charge in [0.15, 0.2) is 0 Å². The zero-order valence-corrected chi connectivity index (χ0v) is 21.3. The van der Waals surface area contributed by atoms with Crippen molar-refractivity contribution in [1.29, 1.82) is 0 Å². The van der Waals surface area contributed by atoms with E-state index in [1.165, 1.54) is 24.5 Å². The van der Waals surface area contributed by atoms with Crippen LogP contribution >= 0.6 is 0 Å². The van der Waals surface area contributed by atoms with Crippen LogP contribution in [0.4, 0.5) is 4.39 Å². The molecule has 0 radical (unpaired) electrons. The Bertz CT molecular complexity index is 1140. The maximum Gasteiger partial charge on any atom is 0.338 e. The largest absolute Gasteiger partial charge is 0.478 e. The van der Waals surface area contributed by atoms with Gasteiger partial charge in [-0.1, -0.05) is 82.0 Å². The summed E-state index contributed by atoms with van der Waals surface area (Å²) in [6, 6.07) is 20.2. The zero-order valence-electron chi connectivity index (χ0n) is 21.3. The van der Waals surface area contributed by atoms with Gasteiger partial charge in [0.1, 0.15) is 5.82 Å². The molecule has 0 saturated heterocycles. The average Bonchev–Trinajstić information content (AvgIpc) is 2.90. The van der Waals surface area contributed by atoms with Crippen molar-refractivity contribution in [2.45, 2.75) is 65.3 Å². The Balaban J connectivity index is 1.76. The number of nitrogens with zero attached hydrogens (tertiary/aromatic N) is 1. The number of aryl methyl sites for hydroxylation is 1. The molecule has 0 unspecified atom stereocenters. The van der Waals surface area contributed by atoms with E-state index in [1.54, 1.807) is 11.0 Å². The first-order chi connectivity index (χ1) is 17.4. The van der Waals surface area contributed by atoms with Gasteiger partial charge in [-0.2, -0.15) is 0 Å². The standard InChI is InChI=1S/C31H36FNO3/c1-3-5-7-8-20-33(22-24-12-19-29(32)28(21-24)31(35)36)30(34)27-17-15-26(16-18-27)25-13-10-23(11-14-25)9-6-4-2/h10-19,21H,3-9,20,22H2,1-2H3,(H,35,36). The summed E-state index contributed by atoms with van der Waals surface area (Å²) < 4.78 is 13.9. The van der Waals surface area contributed by atoms with Gasteiger partial charge in [-0.25, -0.2) is 9.18 Å². The SMILES string of the molecule is CCCCCCN(Cc1ccc(F)c(C(=O)O)c1)C(=O)c1ccc(-c2ccc(CCCC)cc2)cc1. The monoisotopic (exact) mass is 489 g/mol. The number of benzene rings is 3. The lowest BCUT2D eigenvalue weighted by molar-refractivity contribution is 0.0691. The molecule has 0 spiro atoms. The molecule has 4 nitrogen and oxygen atoms in total. The van der Waals surface area contributed by atoms with Crippen molar-refractivity contribution in [3.05, 3.63) is 94.8 Å². The fraction of sp³-hybridized carbons (Fsp3) is 0.355. The summed E-state index contributed by atoms with van der Waals surface area (Å²) in [4.78, 5) is 26.5. The van der Waals surface area contributed by atoms with E-state index in [2.05, 4.69) is 38.1 Å². The molecule has 0 atom stereocenters. The van der Waals surface area contributed by atoms with Crippen LogP contribution in [0.25, 0.3) is 11.1 Å². The van der Waals surface area contributed by atoms with E-state index in [-0.39, 0.29) is 18.0 Å². The Hall–Kier alpha value is -3.47. The predicted molar refractivity (Wildman–Crippen MR) is 143 cm³/mol. The Morgan fingerprint density at radius 1 is 0.778 bits per heavy atom. The summed E-state index contributed by atoms with van der Waals surface area (Å²) in [5.41, 5.74) is 4.28. The summed E-state index contributed by atoms with van der Waals surface area (Å²) in [5, 5.41) is 9.26. The van der Waals surface area contributed by atoms with Gasteiger partial charge in [0.2, 0.25) is 0 Å². The first-order valence-electron chi connectivity index (χ1n) is 12.9. The lowest BCUT2D eigenvalue weighted by Crippen LogP contribution is -2.31. The number of unbranched alkanes of at least 4 members (excludes halogenated alkanes) is 4. The third-order valence-electron chi connectivity index (χ3n) is 6.44. The van der Waals surface area contributed by atoms with Crippen molar-refractivity contribution in [2.75, 3.05) is 6.54 Å². The molecular formula is C31H36FNO3. The van der Waals surface area contributed by atoms with E-state index in [1.807, 2.05) is 24.3 Å². The molecule has 0 bridgehead atoms. The number of carbonyl (C=O) groups excluding carboxylic acids is 1. The molecule has 0 aliphatic carbocycles. The molecule has 0 aliphatic heterocycles. The number of aromatic carboxylic acids is 1. The number of halogens is 1. The van der Waals surface area contributed by atoms with Crippen molar-refractivity contribution >= 4 is 11.9 Å². The average molecular weight is 490 g/mol. The highest BCUT2D eigenvalue weighted by Crippen LogP contribution is 2.22. The lowest BCUT2D eigenvalue weighted by Gasteiger charge is -2.23. The highest BCUT2D eigenvalue weighted by atomic mass is 19.1. The second-order valence-corrected chi connectivity index (χ2v) is 9.28. The molecule has 3 rings (SSSR count). The molecule has 3 aromatic carbocycles. The van der Waals surface area contributed by atoms with Crippen LogP contribution in [0.15, 0.2) is 66.7 Å². The predicted octanol–water partition coefficient (Wildman–Crippen LogP) is 7.76. The second-order valence-electron chi connectivity index (χ2n) is 9.28. The number of carboxylic acid groups (broad SMARTS) is 1. The zero-order chi connectivity index (χ0) is 25.9. The summed E-state index contributed by atoms with van der Waals surface area (Å²) in [5.74, 6) is -2.21. The van der Waals surface area contributed by atoms with Gasteiger partial charge < -0.3 is 10.0 Å². The number of rotatable bonds is 13. The highest BCUT2D eigenvalue weighted by molar-refractivity contribution is 5.95. The van der Waals surface area contributed by atoms with E-state index < -0.39 is 11.8 Å². The maximum atomic E-state index is 13.9. The van der Waals surface area contributed by atoms with E-state index in [0.29, 0.717) is 17.7 Å². The highest BCUT2D eigenvalue weighted by Gasteiger charge is 2.18. The van der Waals surface area contributed by atoms with Crippen molar-refractivity contribution in [2.24, 2.45) is 0 Å². The van der Waals surface area contributed by atoms with E-state index in [0.717, 1.165) is 49.3 Å². The molecule has 0 aliphatic rings. The fourth-order valence-electron chi connectivity index (χ4n) is 4.27. The lowest BCUT2D eigenvalue weighted by atomic mass is 10.0.